The monoisotopic (exact) mass is 311 g/mol. The molecule has 0 bridgehead atoms. The van der Waals surface area contributed by atoms with Crippen molar-refractivity contribution >= 4 is 17.9 Å². The van der Waals surface area contributed by atoms with Gasteiger partial charge in [-0.25, -0.2) is 14.5 Å². The van der Waals surface area contributed by atoms with Crippen LogP contribution >= 0.6 is 0 Å². The first-order valence-corrected chi connectivity index (χ1v) is 8.06. The van der Waals surface area contributed by atoms with Crippen LogP contribution < -0.4 is 5.32 Å². The fourth-order valence-corrected chi connectivity index (χ4v) is 3.27. The minimum absolute atomic E-state index is 0.215. The first kappa shape index (κ1) is 16.7. The van der Waals surface area contributed by atoms with Gasteiger partial charge in [-0.15, -0.1) is 0 Å². The molecule has 2 fully saturated rings. The zero-order chi connectivity index (χ0) is 16.3. The Balaban J connectivity index is 2.07. The Labute approximate surface area is 130 Å². The normalized spacial score (nSPS) is 22.9. The number of unbranched alkanes of at least 4 members (excludes halogenated alkanes) is 1. The summed E-state index contributed by atoms with van der Waals surface area (Å²) in [7, 11) is 0. The molecule has 7 nitrogen and oxygen atoms in total. The number of carbonyl (C=O) groups is 3. The van der Waals surface area contributed by atoms with E-state index < -0.39 is 23.6 Å². The molecule has 2 aliphatic heterocycles. The number of hydrogen-bond acceptors (Lipinski definition) is 4. The topological polar surface area (TPSA) is 90.0 Å². The summed E-state index contributed by atoms with van der Waals surface area (Å²) in [5.41, 5.74) is -0.900. The quantitative estimate of drug-likeness (QED) is 0.715. The number of imide groups is 1. The summed E-state index contributed by atoms with van der Waals surface area (Å²) in [4.78, 5) is 39.3. The molecule has 2 N–H and O–H groups in total. The van der Waals surface area contributed by atoms with E-state index in [1.807, 2.05) is 0 Å². The number of likely N-dealkylation sites (tertiary alicyclic amines) is 1. The number of amides is 3. The molecule has 7 heteroatoms. The van der Waals surface area contributed by atoms with Crippen LogP contribution in [-0.4, -0.2) is 64.0 Å². The molecule has 0 aromatic heterocycles. The lowest BCUT2D eigenvalue weighted by molar-refractivity contribution is -0.148. The third kappa shape index (κ3) is 2.95. The molecule has 1 spiro atoms. The van der Waals surface area contributed by atoms with E-state index in [0.717, 1.165) is 37.4 Å². The van der Waals surface area contributed by atoms with E-state index >= 15 is 0 Å². The molecule has 1 unspecified atom stereocenters. The second-order valence-corrected chi connectivity index (χ2v) is 6.14. The maximum atomic E-state index is 12.7. The van der Waals surface area contributed by atoms with Crippen molar-refractivity contribution in [2.24, 2.45) is 0 Å². The predicted octanol–water partition coefficient (Wildman–Crippen LogP) is 1.04. The van der Waals surface area contributed by atoms with E-state index in [1.165, 1.54) is 0 Å². The van der Waals surface area contributed by atoms with Crippen LogP contribution in [0.4, 0.5) is 4.79 Å². The number of rotatable bonds is 6. The molecule has 2 heterocycles. The van der Waals surface area contributed by atoms with Crippen molar-refractivity contribution in [2.75, 3.05) is 19.6 Å². The molecule has 0 aromatic carbocycles. The van der Waals surface area contributed by atoms with Crippen LogP contribution in [0.15, 0.2) is 0 Å². The van der Waals surface area contributed by atoms with Crippen LogP contribution in [0.5, 0.6) is 0 Å². The van der Waals surface area contributed by atoms with Gasteiger partial charge in [-0.2, -0.15) is 0 Å². The fraction of sp³-hybridized carbons (Fsp3) is 0.800. The Morgan fingerprint density at radius 2 is 1.95 bits per heavy atom. The molecule has 0 saturated carbocycles. The highest BCUT2D eigenvalue weighted by Gasteiger charge is 2.54. The molecular weight excluding hydrogens is 286 g/mol. The molecule has 2 rings (SSSR count). The predicted molar refractivity (Wildman–Crippen MR) is 80.4 cm³/mol. The number of nitrogens with one attached hydrogen (secondary N) is 1. The highest BCUT2D eigenvalue weighted by molar-refractivity contribution is 6.09. The molecule has 22 heavy (non-hydrogen) atoms. The Hall–Kier alpha value is -1.63. The number of aliphatic carboxylic acids is 1. The van der Waals surface area contributed by atoms with E-state index in [9.17, 15) is 19.5 Å². The van der Waals surface area contributed by atoms with Crippen molar-refractivity contribution in [3.05, 3.63) is 0 Å². The zero-order valence-electron chi connectivity index (χ0n) is 13.3. The van der Waals surface area contributed by atoms with E-state index in [-0.39, 0.29) is 12.3 Å². The molecule has 2 saturated heterocycles. The van der Waals surface area contributed by atoms with Gasteiger partial charge in [-0.05, 0) is 32.2 Å². The molecule has 3 amide bonds. The van der Waals surface area contributed by atoms with Gasteiger partial charge in [0.05, 0.1) is 0 Å². The lowest BCUT2D eigenvalue weighted by Gasteiger charge is -2.37. The van der Waals surface area contributed by atoms with Crippen LogP contribution in [0, 0.1) is 0 Å². The van der Waals surface area contributed by atoms with Gasteiger partial charge in [0.1, 0.15) is 11.6 Å². The van der Waals surface area contributed by atoms with Gasteiger partial charge in [0.15, 0.2) is 0 Å². The van der Waals surface area contributed by atoms with Gasteiger partial charge in [0.2, 0.25) is 0 Å². The van der Waals surface area contributed by atoms with Gasteiger partial charge < -0.3 is 15.3 Å². The van der Waals surface area contributed by atoms with Crippen molar-refractivity contribution in [1.82, 2.24) is 15.1 Å². The van der Waals surface area contributed by atoms with Gasteiger partial charge in [0.25, 0.3) is 5.91 Å². The maximum absolute atomic E-state index is 12.7. The molecule has 1 atom stereocenters. The third-order valence-electron chi connectivity index (χ3n) is 4.71. The number of carboxylic acid groups (broad SMARTS) is 1. The summed E-state index contributed by atoms with van der Waals surface area (Å²) in [5, 5.41) is 12.0. The Bertz CT molecular complexity index is 458. The largest absolute Gasteiger partial charge is 0.480 e. The van der Waals surface area contributed by atoms with E-state index in [4.69, 9.17) is 0 Å². The highest BCUT2D eigenvalue weighted by atomic mass is 16.4. The third-order valence-corrected chi connectivity index (χ3v) is 4.71. The van der Waals surface area contributed by atoms with Gasteiger partial charge in [0, 0.05) is 13.1 Å². The number of piperidine rings is 1. The molecule has 0 radical (unpaired) electrons. The summed E-state index contributed by atoms with van der Waals surface area (Å²) in [5.74, 6) is -1.51. The van der Waals surface area contributed by atoms with Gasteiger partial charge >= 0.3 is 12.0 Å². The minimum Gasteiger partial charge on any atom is -0.480 e. The van der Waals surface area contributed by atoms with Crippen molar-refractivity contribution < 1.29 is 19.5 Å². The number of hydrogen-bond donors (Lipinski definition) is 2. The minimum atomic E-state index is -1.14. The van der Waals surface area contributed by atoms with Gasteiger partial charge in [-0.3, -0.25) is 4.79 Å². The van der Waals surface area contributed by atoms with E-state index in [1.54, 1.807) is 6.92 Å². The molecule has 0 aromatic rings. The number of carbonyl (C=O) groups excluding carboxylic acids is 2. The summed E-state index contributed by atoms with van der Waals surface area (Å²) in [6.07, 6.45) is 3.56. The van der Waals surface area contributed by atoms with Crippen LogP contribution in [0.2, 0.25) is 0 Å². The molecule has 124 valence electrons. The Morgan fingerprint density at radius 1 is 1.32 bits per heavy atom. The summed E-state index contributed by atoms with van der Waals surface area (Å²) < 4.78 is 0. The molecular formula is C15H25N3O4. The number of urea groups is 1. The first-order valence-electron chi connectivity index (χ1n) is 8.06. The summed E-state index contributed by atoms with van der Waals surface area (Å²) >= 11 is 0. The summed E-state index contributed by atoms with van der Waals surface area (Å²) in [6.45, 7) is 6.32. The summed E-state index contributed by atoms with van der Waals surface area (Å²) in [6, 6.07) is -1.65. The van der Waals surface area contributed by atoms with Crippen LogP contribution in [0.1, 0.15) is 46.0 Å². The Kier molecular flexibility index (Phi) is 5.05. The van der Waals surface area contributed by atoms with Crippen LogP contribution in [0.25, 0.3) is 0 Å². The SMILES string of the molecule is CCCCN1CCC2(CC1)NC(=O)N(C(CC)C(=O)O)C2=O. The second kappa shape index (κ2) is 6.64. The van der Waals surface area contributed by atoms with Crippen molar-refractivity contribution in [1.29, 1.82) is 0 Å². The van der Waals surface area contributed by atoms with E-state index in [0.29, 0.717) is 12.8 Å². The highest BCUT2D eigenvalue weighted by Crippen LogP contribution is 2.31. The average Bonchev–Trinajstić information content (AvgIpc) is 2.72. The maximum Gasteiger partial charge on any atom is 0.326 e. The Morgan fingerprint density at radius 3 is 2.45 bits per heavy atom. The standard InChI is InChI=1S/C15H25N3O4/c1-3-5-8-17-9-6-15(7-10-17)13(21)18(14(22)16-15)11(4-2)12(19)20/h11H,3-10H2,1-2H3,(H,16,22)(H,19,20). The van der Waals surface area contributed by atoms with Crippen LogP contribution in [-0.2, 0) is 9.59 Å². The molecule has 0 aliphatic carbocycles. The van der Waals surface area contributed by atoms with Gasteiger partial charge in [-0.1, -0.05) is 20.3 Å². The number of carboxylic acids is 1. The van der Waals surface area contributed by atoms with Crippen molar-refractivity contribution in [3.8, 4) is 0 Å². The van der Waals surface area contributed by atoms with Crippen molar-refractivity contribution in [3.63, 3.8) is 0 Å². The average molecular weight is 311 g/mol. The smallest absolute Gasteiger partial charge is 0.326 e. The lowest BCUT2D eigenvalue weighted by atomic mass is 9.87. The lowest BCUT2D eigenvalue weighted by Crippen LogP contribution is -2.55. The molecule has 2 aliphatic rings. The van der Waals surface area contributed by atoms with Crippen molar-refractivity contribution in [2.45, 2.75) is 57.5 Å². The second-order valence-electron chi connectivity index (χ2n) is 6.14. The number of nitrogens with zero attached hydrogens (tertiary/aromatic N) is 2. The first-order chi connectivity index (χ1) is 10.4. The fourth-order valence-electron chi connectivity index (χ4n) is 3.27. The van der Waals surface area contributed by atoms with E-state index in [2.05, 4.69) is 17.1 Å². The zero-order valence-corrected chi connectivity index (χ0v) is 13.3. The van der Waals surface area contributed by atoms with Crippen LogP contribution in [0.3, 0.4) is 0 Å².